The number of hydrogen-bond donors (Lipinski definition) is 0. The molecule has 2 aliphatic heterocycles. The zero-order chi connectivity index (χ0) is 18.5. The van der Waals surface area contributed by atoms with Gasteiger partial charge >= 0.3 is 0 Å². The summed E-state index contributed by atoms with van der Waals surface area (Å²) in [5, 5.41) is 0. The van der Waals surface area contributed by atoms with Crippen LogP contribution in [0.15, 0.2) is 41.7 Å². The minimum Gasteiger partial charge on any atom is -0.377 e. The maximum absolute atomic E-state index is 12.5. The summed E-state index contributed by atoms with van der Waals surface area (Å²) in [5.74, 6) is 0.541. The number of pyridine rings is 1. The second-order valence-electron chi connectivity index (χ2n) is 7.73. The molecule has 6 nitrogen and oxygen atoms in total. The van der Waals surface area contributed by atoms with Crippen molar-refractivity contribution in [1.82, 2.24) is 19.4 Å². The number of ether oxygens (including phenoxy) is 1. The Hall–Kier alpha value is -2.05. The van der Waals surface area contributed by atoms with Crippen molar-refractivity contribution in [3.05, 3.63) is 47.3 Å². The van der Waals surface area contributed by atoms with Gasteiger partial charge in [-0.15, -0.1) is 0 Å². The van der Waals surface area contributed by atoms with Crippen molar-refractivity contribution in [2.24, 2.45) is 5.92 Å². The van der Waals surface area contributed by atoms with E-state index in [9.17, 15) is 4.79 Å². The normalized spacial score (nSPS) is 22.0. The zero-order valence-corrected chi connectivity index (χ0v) is 15.8. The lowest BCUT2D eigenvalue weighted by Crippen LogP contribution is -2.41. The predicted octanol–water partition coefficient (Wildman–Crippen LogP) is 2.59. The fourth-order valence-electron chi connectivity index (χ4n) is 4.11. The van der Waals surface area contributed by atoms with E-state index >= 15 is 0 Å². The molecule has 1 unspecified atom stereocenters. The van der Waals surface area contributed by atoms with Gasteiger partial charge in [0.05, 0.1) is 18.1 Å². The van der Waals surface area contributed by atoms with E-state index in [-0.39, 0.29) is 5.56 Å². The first-order chi connectivity index (χ1) is 13.3. The molecule has 2 aliphatic rings. The quantitative estimate of drug-likeness (QED) is 0.812. The molecule has 0 spiro atoms. The molecule has 0 aromatic carbocycles. The molecular formula is C21H28N4O2. The Kier molecular flexibility index (Phi) is 5.94. The monoisotopic (exact) mass is 368 g/mol. The Bertz CT molecular complexity index is 778. The van der Waals surface area contributed by atoms with Crippen LogP contribution in [0.5, 0.6) is 0 Å². The molecule has 0 radical (unpaired) electrons. The summed E-state index contributed by atoms with van der Waals surface area (Å²) < 4.78 is 7.63. The highest BCUT2D eigenvalue weighted by Crippen LogP contribution is 2.21. The van der Waals surface area contributed by atoms with E-state index < -0.39 is 0 Å². The fourth-order valence-corrected chi connectivity index (χ4v) is 4.11. The first kappa shape index (κ1) is 18.3. The third-order valence-corrected chi connectivity index (χ3v) is 5.75. The molecule has 2 aromatic heterocycles. The molecule has 2 aromatic rings. The van der Waals surface area contributed by atoms with E-state index in [4.69, 9.17) is 4.74 Å². The molecule has 0 saturated carbocycles. The zero-order valence-electron chi connectivity index (χ0n) is 15.8. The van der Waals surface area contributed by atoms with Crippen molar-refractivity contribution in [3.8, 4) is 11.3 Å². The Morgan fingerprint density at radius 3 is 2.59 bits per heavy atom. The summed E-state index contributed by atoms with van der Waals surface area (Å²) in [6, 6.07) is 5.38. The van der Waals surface area contributed by atoms with E-state index in [0.29, 0.717) is 17.7 Å². The molecule has 144 valence electrons. The lowest BCUT2D eigenvalue weighted by molar-refractivity contribution is -0.0117. The van der Waals surface area contributed by atoms with Crippen molar-refractivity contribution in [1.29, 1.82) is 0 Å². The van der Waals surface area contributed by atoms with Crippen molar-refractivity contribution < 1.29 is 4.74 Å². The van der Waals surface area contributed by atoms with Crippen LogP contribution >= 0.6 is 0 Å². The lowest BCUT2D eigenvalue weighted by Gasteiger charge is -2.35. The van der Waals surface area contributed by atoms with E-state index in [0.717, 1.165) is 51.2 Å². The number of rotatable bonds is 5. The SMILES string of the molecule is O=c1cc(-c2ccncc2)ncn1CC1CCN(CC2CCCCO2)CC1. The standard InChI is InChI=1S/C21H28N4O2/c26-21-13-20(18-4-8-22-9-5-18)23-16-25(21)14-17-6-10-24(11-7-17)15-19-3-1-2-12-27-19/h4-5,8-9,13,16-17,19H,1-3,6-7,10-12,14-15H2. The van der Waals surface area contributed by atoms with Gasteiger partial charge in [0.15, 0.2) is 0 Å². The molecule has 6 heteroatoms. The Morgan fingerprint density at radius 2 is 1.89 bits per heavy atom. The van der Waals surface area contributed by atoms with Crippen LogP contribution in [-0.2, 0) is 11.3 Å². The number of piperidine rings is 1. The van der Waals surface area contributed by atoms with Crippen LogP contribution in [0.4, 0.5) is 0 Å². The van der Waals surface area contributed by atoms with Gasteiger partial charge in [0.25, 0.3) is 5.56 Å². The third-order valence-electron chi connectivity index (χ3n) is 5.75. The smallest absolute Gasteiger partial charge is 0.253 e. The molecule has 0 aliphatic carbocycles. The summed E-state index contributed by atoms with van der Waals surface area (Å²) in [4.78, 5) is 23.5. The topological polar surface area (TPSA) is 60.2 Å². The first-order valence-corrected chi connectivity index (χ1v) is 10.1. The number of nitrogens with zero attached hydrogens (tertiary/aromatic N) is 4. The highest BCUT2D eigenvalue weighted by atomic mass is 16.5. The Balaban J connectivity index is 1.30. The molecular weight excluding hydrogens is 340 g/mol. The second-order valence-corrected chi connectivity index (χ2v) is 7.73. The number of hydrogen-bond acceptors (Lipinski definition) is 5. The van der Waals surface area contributed by atoms with Gasteiger partial charge in [-0.3, -0.25) is 14.3 Å². The van der Waals surface area contributed by atoms with Crippen LogP contribution in [0.3, 0.4) is 0 Å². The molecule has 0 amide bonds. The largest absolute Gasteiger partial charge is 0.377 e. The van der Waals surface area contributed by atoms with Gasteiger partial charge in [0.2, 0.25) is 0 Å². The van der Waals surface area contributed by atoms with Gasteiger partial charge in [0, 0.05) is 43.7 Å². The number of aromatic nitrogens is 3. The molecule has 2 fully saturated rings. The van der Waals surface area contributed by atoms with Crippen LogP contribution in [0.1, 0.15) is 32.1 Å². The van der Waals surface area contributed by atoms with Crippen molar-refractivity contribution in [3.63, 3.8) is 0 Å². The van der Waals surface area contributed by atoms with Gasteiger partial charge in [-0.1, -0.05) is 0 Å². The maximum atomic E-state index is 12.5. The molecule has 4 rings (SSSR count). The van der Waals surface area contributed by atoms with E-state index in [1.807, 2.05) is 12.1 Å². The Morgan fingerprint density at radius 1 is 1.07 bits per heavy atom. The third kappa shape index (κ3) is 4.82. The summed E-state index contributed by atoms with van der Waals surface area (Å²) in [6.45, 7) is 4.95. The highest BCUT2D eigenvalue weighted by molar-refractivity contribution is 5.57. The molecule has 4 heterocycles. The van der Waals surface area contributed by atoms with Gasteiger partial charge in [-0.2, -0.15) is 0 Å². The molecule has 27 heavy (non-hydrogen) atoms. The van der Waals surface area contributed by atoms with Crippen LogP contribution in [0.25, 0.3) is 11.3 Å². The van der Waals surface area contributed by atoms with Gasteiger partial charge < -0.3 is 9.64 Å². The lowest BCUT2D eigenvalue weighted by atomic mass is 9.96. The van der Waals surface area contributed by atoms with E-state index in [1.54, 1.807) is 29.4 Å². The van der Waals surface area contributed by atoms with E-state index in [2.05, 4.69) is 14.9 Å². The maximum Gasteiger partial charge on any atom is 0.253 e. The van der Waals surface area contributed by atoms with Crippen LogP contribution in [0.2, 0.25) is 0 Å². The molecule has 0 N–H and O–H groups in total. The molecule has 0 bridgehead atoms. The van der Waals surface area contributed by atoms with Crippen LogP contribution < -0.4 is 5.56 Å². The highest BCUT2D eigenvalue weighted by Gasteiger charge is 2.23. The average Bonchev–Trinajstić information content (AvgIpc) is 2.72. The number of likely N-dealkylation sites (tertiary alicyclic amines) is 1. The fraction of sp³-hybridized carbons (Fsp3) is 0.571. The molecule has 2 saturated heterocycles. The first-order valence-electron chi connectivity index (χ1n) is 10.1. The van der Waals surface area contributed by atoms with Gasteiger partial charge in [0.1, 0.15) is 0 Å². The average molecular weight is 368 g/mol. The van der Waals surface area contributed by atoms with Crippen molar-refractivity contribution >= 4 is 0 Å². The summed E-state index contributed by atoms with van der Waals surface area (Å²) in [6.07, 6.45) is 11.5. The van der Waals surface area contributed by atoms with Crippen LogP contribution in [0, 0.1) is 5.92 Å². The van der Waals surface area contributed by atoms with Crippen LogP contribution in [-0.4, -0.2) is 51.8 Å². The second kappa shape index (κ2) is 8.76. The van der Waals surface area contributed by atoms with Gasteiger partial charge in [-0.05, 0) is 63.2 Å². The molecule has 1 atom stereocenters. The summed E-state index contributed by atoms with van der Waals surface area (Å²) in [5.41, 5.74) is 1.66. The summed E-state index contributed by atoms with van der Waals surface area (Å²) >= 11 is 0. The summed E-state index contributed by atoms with van der Waals surface area (Å²) in [7, 11) is 0. The predicted molar refractivity (Wildman–Crippen MR) is 104 cm³/mol. The van der Waals surface area contributed by atoms with Crippen molar-refractivity contribution in [2.45, 2.75) is 44.8 Å². The minimum absolute atomic E-state index is 0.0230. The van der Waals surface area contributed by atoms with Crippen molar-refractivity contribution in [2.75, 3.05) is 26.2 Å². The van der Waals surface area contributed by atoms with E-state index in [1.165, 1.54) is 19.3 Å². The Labute approximate surface area is 160 Å². The minimum atomic E-state index is 0.0230. The van der Waals surface area contributed by atoms with Gasteiger partial charge in [-0.25, -0.2) is 4.98 Å².